The highest BCUT2D eigenvalue weighted by Crippen LogP contribution is 2.27. The van der Waals surface area contributed by atoms with Gasteiger partial charge in [-0.25, -0.2) is 4.79 Å². The van der Waals surface area contributed by atoms with Gasteiger partial charge in [0.25, 0.3) is 11.8 Å². The third kappa shape index (κ3) is 6.08. The number of anilines is 1. The van der Waals surface area contributed by atoms with Crippen molar-refractivity contribution in [3.63, 3.8) is 0 Å². The highest BCUT2D eigenvalue weighted by atomic mass is 19.4. The van der Waals surface area contributed by atoms with E-state index in [2.05, 4.69) is 9.97 Å². The van der Waals surface area contributed by atoms with E-state index < -0.39 is 17.7 Å². The van der Waals surface area contributed by atoms with Gasteiger partial charge >= 0.3 is 12.1 Å². The smallest absolute Gasteiger partial charge is 0.475 e. The minimum Gasteiger partial charge on any atom is -0.475 e. The van der Waals surface area contributed by atoms with Crippen LogP contribution in [0.5, 0.6) is 0 Å². The monoisotopic (exact) mass is 470 g/mol. The average Bonchev–Trinajstić information content (AvgIpc) is 3.25. The van der Waals surface area contributed by atoms with Gasteiger partial charge in [-0.1, -0.05) is 0 Å². The minimum atomic E-state index is -5.08. The molecule has 1 unspecified atom stereocenters. The number of pyridine rings is 1. The number of alkyl halides is 3. The quantitative estimate of drug-likeness (QED) is 0.678. The van der Waals surface area contributed by atoms with Crippen LogP contribution in [0.25, 0.3) is 0 Å². The molecule has 0 aliphatic carbocycles. The molecular weight excluding hydrogens is 449 g/mol. The number of morpholine rings is 1. The molecule has 0 saturated carbocycles. The minimum absolute atomic E-state index is 0.0512. The number of halogens is 3. The van der Waals surface area contributed by atoms with Crippen molar-refractivity contribution in [3.05, 3.63) is 48.5 Å². The molecule has 2 aliphatic heterocycles. The van der Waals surface area contributed by atoms with Gasteiger partial charge in [-0.3, -0.25) is 14.6 Å². The van der Waals surface area contributed by atoms with Crippen molar-refractivity contribution in [3.8, 4) is 0 Å². The van der Waals surface area contributed by atoms with Crippen LogP contribution in [0, 0.1) is 0 Å². The average molecular weight is 470 g/mol. The van der Waals surface area contributed by atoms with E-state index in [1.807, 2.05) is 6.07 Å². The van der Waals surface area contributed by atoms with Gasteiger partial charge < -0.3 is 29.4 Å². The van der Waals surface area contributed by atoms with Gasteiger partial charge in [0, 0.05) is 25.1 Å². The van der Waals surface area contributed by atoms with E-state index in [0.717, 1.165) is 0 Å². The number of aliphatic carboxylic acids is 1. The lowest BCUT2D eigenvalue weighted by Crippen LogP contribution is -2.61. The number of carbonyl (C=O) groups excluding carboxylic acids is 2. The maximum absolute atomic E-state index is 12.8. The molecule has 0 aromatic carbocycles. The van der Waals surface area contributed by atoms with Crippen molar-refractivity contribution in [1.29, 1.82) is 0 Å². The highest BCUT2D eigenvalue weighted by molar-refractivity contribution is 5.95. The lowest BCUT2D eigenvalue weighted by Gasteiger charge is -2.42. The number of carboxylic acids is 1. The number of aromatic nitrogens is 2. The maximum Gasteiger partial charge on any atom is 0.490 e. The predicted octanol–water partition coefficient (Wildman–Crippen LogP) is 1.32. The lowest BCUT2D eigenvalue weighted by atomic mass is 10.0. The fourth-order valence-electron chi connectivity index (χ4n) is 3.36. The number of carbonyl (C=O) groups is 3. The molecule has 178 valence electrons. The highest BCUT2D eigenvalue weighted by Gasteiger charge is 2.44. The van der Waals surface area contributed by atoms with Gasteiger partial charge in [-0.05, 0) is 18.2 Å². The van der Waals surface area contributed by atoms with Crippen LogP contribution in [0.1, 0.15) is 10.4 Å². The van der Waals surface area contributed by atoms with Gasteiger partial charge in [0.1, 0.15) is 12.2 Å². The number of ether oxygens (including phenoxy) is 2. The summed E-state index contributed by atoms with van der Waals surface area (Å²) in [5, 5.41) is 7.12. The van der Waals surface area contributed by atoms with E-state index in [1.54, 1.807) is 46.7 Å². The summed E-state index contributed by atoms with van der Waals surface area (Å²) in [6.07, 6.45) is 1.62. The number of aromatic amines is 1. The van der Waals surface area contributed by atoms with E-state index in [-0.39, 0.29) is 18.4 Å². The Hall–Kier alpha value is -3.45. The predicted molar refractivity (Wildman–Crippen MR) is 106 cm³/mol. The molecular formula is C20H21F3N4O6. The first-order chi connectivity index (χ1) is 15.6. The summed E-state index contributed by atoms with van der Waals surface area (Å²) < 4.78 is 43.4. The van der Waals surface area contributed by atoms with E-state index in [0.29, 0.717) is 44.1 Å². The van der Waals surface area contributed by atoms with Crippen LogP contribution in [0.15, 0.2) is 43.0 Å². The van der Waals surface area contributed by atoms with Crippen molar-refractivity contribution >= 4 is 23.5 Å². The summed E-state index contributed by atoms with van der Waals surface area (Å²) in [6, 6.07) is 5.37. The summed E-state index contributed by atoms with van der Waals surface area (Å²) in [6.45, 7) is 1.87. The zero-order valence-corrected chi connectivity index (χ0v) is 17.2. The third-order valence-corrected chi connectivity index (χ3v) is 4.93. The summed E-state index contributed by atoms with van der Waals surface area (Å²) in [7, 11) is 0. The molecule has 2 amide bonds. The van der Waals surface area contributed by atoms with Crippen LogP contribution in [0.4, 0.5) is 18.9 Å². The van der Waals surface area contributed by atoms with Crippen LogP contribution in [-0.2, 0) is 19.1 Å². The second-order valence-corrected chi connectivity index (χ2v) is 7.34. The Morgan fingerprint density at radius 3 is 2.61 bits per heavy atom. The number of hydrogen-bond acceptors (Lipinski definition) is 6. The maximum atomic E-state index is 12.8. The number of nitrogens with one attached hydrogen (secondary N) is 1. The standard InChI is InChI=1S/C18H20N4O4.C2HF3O2/c23-16-10-26-18(12-22(16)15-2-1-4-19-9-15)11-21(6-7-25-13-18)17(24)14-3-5-20-8-14;3-2(4,5)1(6)7/h1-5,8-9,20H,6-7,10-13H2;(H,6,7). The molecule has 10 nitrogen and oxygen atoms in total. The molecule has 33 heavy (non-hydrogen) atoms. The van der Waals surface area contributed by atoms with Crippen LogP contribution >= 0.6 is 0 Å². The Kier molecular flexibility index (Phi) is 7.33. The Morgan fingerprint density at radius 2 is 2.00 bits per heavy atom. The van der Waals surface area contributed by atoms with Gasteiger partial charge in [-0.2, -0.15) is 13.2 Å². The van der Waals surface area contributed by atoms with Crippen molar-refractivity contribution in [2.45, 2.75) is 11.8 Å². The Labute approximate surface area is 185 Å². The van der Waals surface area contributed by atoms with E-state index in [4.69, 9.17) is 19.4 Å². The van der Waals surface area contributed by atoms with Crippen LogP contribution < -0.4 is 4.90 Å². The molecule has 4 rings (SSSR count). The number of nitrogens with zero attached hydrogens (tertiary/aromatic N) is 3. The van der Waals surface area contributed by atoms with Crippen molar-refractivity contribution in [2.24, 2.45) is 0 Å². The molecule has 2 aliphatic rings. The first-order valence-corrected chi connectivity index (χ1v) is 9.76. The Balaban J connectivity index is 0.000000383. The molecule has 1 spiro atoms. The first-order valence-electron chi connectivity index (χ1n) is 9.76. The third-order valence-electron chi connectivity index (χ3n) is 4.93. The molecule has 2 aromatic heterocycles. The fourth-order valence-corrected chi connectivity index (χ4v) is 3.36. The molecule has 4 heterocycles. The van der Waals surface area contributed by atoms with Crippen LogP contribution in [0.2, 0.25) is 0 Å². The normalized spacial score (nSPS) is 21.2. The summed E-state index contributed by atoms with van der Waals surface area (Å²) in [4.78, 5) is 44.4. The van der Waals surface area contributed by atoms with Crippen molar-refractivity contribution in [2.75, 3.05) is 44.4 Å². The molecule has 0 bridgehead atoms. The first kappa shape index (κ1) is 24.2. The Morgan fingerprint density at radius 1 is 1.24 bits per heavy atom. The molecule has 13 heteroatoms. The zero-order chi connectivity index (χ0) is 24.1. The summed E-state index contributed by atoms with van der Waals surface area (Å²) in [5.41, 5.74) is 0.553. The molecule has 2 N–H and O–H groups in total. The number of amides is 2. The van der Waals surface area contributed by atoms with Gasteiger partial charge in [0.05, 0.1) is 43.8 Å². The second-order valence-electron chi connectivity index (χ2n) is 7.34. The van der Waals surface area contributed by atoms with Crippen LogP contribution in [-0.4, -0.2) is 89.0 Å². The molecule has 2 aromatic rings. The van der Waals surface area contributed by atoms with E-state index in [1.165, 1.54) is 0 Å². The SMILES string of the molecule is O=C(O)C(F)(F)F.O=C(c1cc[nH]c1)N1CCOCC2(C1)CN(c1cccnc1)C(=O)CO2. The van der Waals surface area contributed by atoms with Gasteiger partial charge in [0.2, 0.25) is 0 Å². The number of carboxylic acid groups (broad SMARTS) is 1. The van der Waals surface area contributed by atoms with Gasteiger partial charge in [0.15, 0.2) is 0 Å². The number of H-pyrrole nitrogens is 1. The van der Waals surface area contributed by atoms with E-state index in [9.17, 15) is 22.8 Å². The molecule has 0 radical (unpaired) electrons. The van der Waals surface area contributed by atoms with Crippen LogP contribution in [0.3, 0.4) is 0 Å². The second kappa shape index (κ2) is 10.0. The number of rotatable bonds is 2. The Bertz CT molecular complexity index is 970. The van der Waals surface area contributed by atoms with Crippen molar-refractivity contribution < 1.29 is 42.1 Å². The molecule has 1 atom stereocenters. The summed E-state index contributed by atoms with van der Waals surface area (Å²) in [5.74, 6) is -2.96. The largest absolute Gasteiger partial charge is 0.490 e. The molecule has 2 fully saturated rings. The van der Waals surface area contributed by atoms with E-state index >= 15 is 0 Å². The van der Waals surface area contributed by atoms with Gasteiger partial charge in [-0.15, -0.1) is 0 Å². The fraction of sp³-hybridized carbons (Fsp3) is 0.400. The molecule has 2 saturated heterocycles. The number of hydrogen-bond donors (Lipinski definition) is 2. The topological polar surface area (TPSA) is 125 Å². The lowest BCUT2D eigenvalue weighted by molar-refractivity contribution is -0.192. The zero-order valence-electron chi connectivity index (χ0n) is 17.2. The van der Waals surface area contributed by atoms with Crippen molar-refractivity contribution in [1.82, 2.24) is 14.9 Å². The summed E-state index contributed by atoms with van der Waals surface area (Å²) >= 11 is 0.